The molecule has 0 radical (unpaired) electrons. The minimum atomic E-state index is -1.10. The third kappa shape index (κ3) is 6.18. The van der Waals surface area contributed by atoms with E-state index in [9.17, 15) is 4.79 Å². The van der Waals surface area contributed by atoms with Crippen LogP contribution in [0.3, 0.4) is 0 Å². The van der Waals surface area contributed by atoms with Crippen molar-refractivity contribution in [2.75, 3.05) is 7.11 Å². The Bertz CT molecular complexity index is 1370. The number of nitrogens with two attached hydrogens (primary N) is 1. The molecule has 0 aliphatic carbocycles. The van der Waals surface area contributed by atoms with Gasteiger partial charge in [0.1, 0.15) is 30.8 Å². The van der Waals surface area contributed by atoms with Crippen molar-refractivity contribution in [1.29, 1.82) is 0 Å². The van der Waals surface area contributed by atoms with Gasteiger partial charge >= 0.3 is 5.97 Å². The van der Waals surface area contributed by atoms with Gasteiger partial charge in [-0.1, -0.05) is 47.5 Å². The molecule has 0 aliphatic heterocycles. The Morgan fingerprint density at radius 2 is 1.75 bits per heavy atom. The molecule has 0 bridgehead atoms. The van der Waals surface area contributed by atoms with E-state index in [0.717, 1.165) is 22.2 Å². The molecule has 0 saturated heterocycles. The van der Waals surface area contributed by atoms with E-state index < -0.39 is 12.0 Å². The van der Waals surface area contributed by atoms with E-state index >= 15 is 0 Å². The highest BCUT2D eigenvalue weighted by molar-refractivity contribution is 6.37. The summed E-state index contributed by atoms with van der Waals surface area (Å²) in [6, 6.07) is 19.4. The van der Waals surface area contributed by atoms with Gasteiger partial charge in [0.25, 0.3) is 0 Å². The first-order chi connectivity index (χ1) is 17.3. The smallest absolute Gasteiger partial charge is 0.320 e. The lowest BCUT2D eigenvalue weighted by Crippen LogP contribution is -2.32. The molecule has 0 unspecified atom stereocenters. The van der Waals surface area contributed by atoms with Crippen molar-refractivity contribution in [2.45, 2.75) is 25.7 Å². The van der Waals surface area contributed by atoms with Gasteiger partial charge in [-0.25, -0.2) is 4.98 Å². The minimum absolute atomic E-state index is 0.0890. The van der Waals surface area contributed by atoms with Crippen LogP contribution in [0.2, 0.25) is 10.0 Å². The zero-order valence-corrected chi connectivity index (χ0v) is 20.9. The van der Waals surface area contributed by atoms with Crippen molar-refractivity contribution in [2.24, 2.45) is 5.73 Å². The summed E-state index contributed by atoms with van der Waals surface area (Å²) >= 11 is 12.8. The van der Waals surface area contributed by atoms with Crippen LogP contribution in [0, 0.1) is 0 Å². The first kappa shape index (κ1) is 25.6. The number of para-hydroxylation sites is 1. The number of halogens is 2. The molecule has 0 amide bonds. The zero-order chi connectivity index (χ0) is 25.7. The van der Waals surface area contributed by atoms with Crippen molar-refractivity contribution < 1.29 is 24.1 Å². The summed E-state index contributed by atoms with van der Waals surface area (Å²) in [5, 5.41) is 10.6. The van der Waals surface area contributed by atoms with Gasteiger partial charge in [-0.15, -0.1) is 0 Å². The monoisotopic (exact) mass is 526 g/mol. The number of aliphatic carboxylic acids is 1. The molecule has 1 heterocycles. The van der Waals surface area contributed by atoms with Gasteiger partial charge in [-0.05, 0) is 54.4 Å². The van der Waals surface area contributed by atoms with E-state index in [1.807, 2.05) is 42.5 Å². The predicted molar refractivity (Wildman–Crippen MR) is 139 cm³/mol. The molecule has 1 aromatic heterocycles. The quantitative estimate of drug-likeness (QED) is 0.274. The van der Waals surface area contributed by atoms with Gasteiger partial charge in [0.15, 0.2) is 5.75 Å². The average molecular weight is 527 g/mol. The summed E-state index contributed by atoms with van der Waals surface area (Å²) < 4.78 is 17.4. The minimum Gasteiger partial charge on any atom is -0.497 e. The van der Waals surface area contributed by atoms with E-state index in [1.165, 1.54) is 0 Å². The van der Waals surface area contributed by atoms with Crippen molar-refractivity contribution in [3.05, 3.63) is 93.6 Å². The molecule has 9 heteroatoms. The van der Waals surface area contributed by atoms with Crippen molar-refractivity contribution in [1.82, 2.24) is 4.98 Å². The van der Waals surface area contributed by atoms with E-state index in [2.05, 4.69) is 4.98 Å². The standard InChI is InChI=1S/C27H24Cl2N2O5/c1-34-20-8-9-25(35-15-19-7-6-17-4-2-3-5-24(17)31-19)18(13-20)14-36-26-21(28)10-16(11-22(26)29)12-23(30)27(32)33/h2-11,13,23H,12,14-15,30H2,1H3,(H,32,33)/t23-/m0/s1. The number of rotatable bonds is 10. The number of ether oxygens (including phenoxy) is 3. The van der Waals surface area contributed by atoms with Crippen LogP contribution in [0.5, 0.6) is 17.2 Å². The summed E-state index contributed by atoms with van der Waals surface area (Å²) in [5.74, 6) is 0.407. The third-order valence-electron chi connectivity index (χ3n) is 5.50. The molecule has 3 N–H and O–H groups in total. The fraction of sp³-hybridized carbons (Fsp3) is 0.185. The zero-order valence-electron chi connectivity index (χ0n) is 19.4. The Hall–Kier alpha value is -3.52. The molecule has 4 aromatic rings. The Morgan fingerprint density at radius 1 is 1.00 bits per heavy atom. The van der Waals surface area contributed by atoms with Crippen LogP contribution in [0.25, 0.3) is 10.9 Å². The number of benzene rings is 3. The van der Waals surface area contributed by atoms with E-state index in [-0.39, 0.29) is 35.4 Å². The van der Waals surface area contributed by atoms with Gasteiger partial charge in [0, 0.05) is 10.9 Å². The maximum absolute atomic E-state index is 11.0. The van der Waals surface area contributed by atoms with Crippen LogP contribution in [0.1, 0.15) is 16.8 Å². The maximum Gasteiger partial charge on any atom is 0.320 e. The molecule has 4 rings (SSSR count). The van der Waals surface area contributed by atoms with Crippen LogP contribution in [0.15, 0.2) is 66.7 Å². The number of hydrogen-bond acceptors (Lipinski definition) is 6. The number of pyridine rings is 1. The number of fused-ring (bicyclic) bond motifs is 1. The number of carbonyl (C=O) groups is 1. The fourth-order valence-corrected chi connectivity index (χ4v) is 4.28. The first-order valence-corrected chi connectivity index (χ1v) is 11.8. The summed E-state index contributed by atoms with van der Waals surface area (Å²) in [7, 11) is 1.58. The lowest BCUT2D eigenvalue weighted by molar-refractivity contribution is -0.138. The molecule has 0 saturated carbocycles. The fourth-order valence-electron chi connectivity index (χ4n) is 3.64. The van der Waals surface area contributed by atoms with Gasteiger partial charge in [0.05, 0.1) is 28.4 Å². The van der Waals surface area contributed by atoms with Crippen LogP contribution < -0.4 is 19.9 Å². The predicted octanol–water partition coefficient (Wildman–Crippen LogP) is 5.66. The molecule has 0 fully saturated rings. The molecule has 36 heavy (non-hydrogen) atoms. The van der Waals surface area contributed by atoms with Crippen LogP contribution in [-0.2, 0) is 24.4 Å². The molecule has 3 aromatic carbocycles. The highest BCUT2D eigenvalue weighted by Crippen LogP contribution is 2.36. The molecule has 0 aliphatic rings. The second-order valence-corrected chi connectivity index (χ2v) is 8.90. The number of carboxylic acids is 1. The Balaban J connectivity index is 1.50. The largest absolute Gasteiger partial charge is 0.497 e. The van der Waals surface area contributed by atoms with E-state index in [1.54, 1.807) is 31.4 Å². The summed E-state index contributed by atoms with van der Waals surface area (Å²) in [6.07, 6.45) is 0.0890. The van der Waals surface area contributed by atoms with Gasteiger partial charge in [-0.2, -0.15) is 0 Å². The van der Waals surface area contributed by atoms with Gasteiger partial charge in [0.2, 0.25) is 0 Å². The Morgan fingerprint density at radius 3 is 2.47 bits per heavy atom. The third-order valence-corrected chi connectivity index (χ3v) is 6.06. The lowest BCUT2D eigenvalue weighted by atomic mass is 10.1. The number of aromatic nitrogens is 1. The molecule has 1 atom stereocenters. The van der Waals surface area contributed by atoms with Crippen LogP contribution in [0.4, 0.5) is 0 Å². The van der Waals surface area contributed by atoms with Crippen molar-refractivity contribution in [3.8, 4) is 17.2 Å². The second kappa shape index (κ2) is 11.5. The number of carboxylic acid groups (broad SMARTS) is 1. The number of methoxy groups -OCH3 is 1. The van der Waals surface area contributed by atoms with E-state index in [4.69, 9.17) is 48.3 Å². The summed E-state index contributed by atoms with van der Waals surface area (Å²) in [6.45, 7) is 0.370. The van der Waals surface area contributed by atoms with Crippen LogP contribution >= 0.6 is 23.2 Å². The molecule has 186 valence electrons. The topological polar surface area (TPSA) is 104 Å². The summed E-state index contributed by atoms with van der Waals surface area (Å²) in [5.41, 5.74) is 8.62. The first-order valence-electron chi connectivity index (χ1n) is 11.1. The van der Waals surface area contributed by atoms with Gasteiger partial charge < -0.3 is 25.1 Å². The highest BCUT2D eigenvalue weighted by Gasteiger charge is 2.17. The maximum atomic E-state index is 11.0. The Labute approximate surface area is 218 Å². The SMILES string of the molecule is COc1ccc(OCc2ccc3ccccc3n2)c(COc2c(Cl)cc(C[C@H](N)C(=O)O)cc2Cl)c1. The molecular formula is C27H24Cl2N2O5. The van der Waals surface area contributed by atoms with E-state index in [0.29, 0.717) is 17.1 Å². The highest BCUT2D eigenvalue weighted by atomic mass is 35.5. The Kier molecular flexibility index (Phi) is 8.15. The van der Waals surface area contributed by atoms with Crippen molar-refractivity contribution in [3.63, 3.8) is 0 Å². The van der Waals surface area contributed by atoms with Crippen molar-refractivity contribution >= 4 is 40.1 Å². The normalized spacial score (nSPS) is 11.8. The van der Waals surface area contributed by atoms with Crippen LogP contribution in [-0.4, -0.2) is 29.2 Å². The summed E-state index contributed by atoms with van der Waals surface area (Å²) in [4.78, 5) is 15.7. The molecular weight excluding hydrogens is 503 g/mol. The second-order valence-electron chi connectivity index (χ2n) is 8.08. The number of nitrogens with zero attached hydrogens (tertiary/aromatic N) is 1. The number of hydrogen-bond donors (Lipinski definition) is 2. The lowest BCUT2D eigenvalue weighted by Gasteiger charge is -2.16. The molecule has 7 nitrogen and oxygen atoms in total. The molecule has 0 spiro atoms. The average Bonchev–Trinajstić information content (AvgIpc) is 2.87. The van der Waals surface area contributed by atoms with Gasteiger partial charge in [-0.3, -0.25) is 4.79 Å².